The van der Waals surface area contributed by atoms with Gasteiger partial charge in [-0.25, -0.2) is 0 Å². The smallest absolute Gasteiger partial charge is 0.0695 e. The third-order valence-electron chi connectivity index (χ3n) is 3.59. The van der Waals surface area contributed by atoms with Crippen LogP contribution in [0.25, 0.3) is 0 Å². The van der Waals surface area contributed by atoms with Crippen LogP contribution in [-0.2, 0) is 0 Å². The van der Waals surface area contributed by atoms with Crippen molar-refractivity contribution in [2.24, 2.45) is 5.92 Å². The third kappa shape index (κ3) is 2.44. The summed E-state index contributed by atoms with van der Waals surface area (Å²) in [4.78, 5) is 2.37. The van der Waals surface area contributed by atoms with E-state index in [1.165, 1.54) is 38.5 Å². The van der Waals surface area contributed by atoms with Gasteiger partial charge in [-0.05, 0) is 38.6 Å². The van der Waals surface area contributed by atoms with Gasteiger partial charge in [0.25, 0.3) is 0 Å². The van der Waals surface area contributed by atoms with Crippen LogP contribution in [0.1, 0.15) is 38.5 Å². The maximum absolute atomic E-state index is 9.78. The Morgan fingerprint density at radius 1 is 1.23 bits per heavy atom. The van der Waals surface area contributed by atoms with Crippen molar-refractivity contribution in [3.63, 3.8) is 0 Å². The van der Waals surface area contributed by atoms with Crippen molar-refractivity contribution in [3.05, 3.63) is 0 Å². The number of hydrogen-bond acceptors (Lipinski definition) is 2. The second-order valence-electron chi connectivity index (χ2n) is 4.78. The molecule has 0 aliphatic heterocycles. The van der Waals surface area contributed by atoms with Gasteiger partial charge in [-0.1, -0.05) is 12.8 Å². The van der Waals surface area contributed by atoms with Crippen molar-refractivity contribution >= 4 is 0 Å². The topological polar surface area (TPSA) is 23.5 Å². The van der Waals surface area contributed by atoms with Crippen LogP contribution in [0, 0.1) is 5.92 Å². The van der Waals surface area contributed by atoms with Crippen molar-refractivity contribution < 1.29 is 5.11 Å². The Bertz CT molecular complexity index is 161. The zero-order chi connectivity index (χ0) is 9.26. The summed E-state index contributed by atoms with van der Waals surface area (Å²) in [6.07, 6.45) is 7.90. The highest BCUT2D eigenvalue weighted by atomic mass is 16.3. The zero-order valence-electron chi connectivity index (χ0n) is 8.58. The standard InChI is InChI=1S/C11H21NO/c1-12(10-4-2-3-5-10)8-11(13)9-6-7-9/h9-11,13H,2-8H2,1H3. The summed E-state index contributed by atoms with van der Waals surface area (Å²) in [5.41, 5.74) is 0. The molecule has 1 N–H and O–H groups in total. The van der Waals surface area contributed by atoms with Crippen LogP contribution in [0.3, 0.4) is 0 Å². The summed E-state index contributed by atoms with van der Waals surface area (Å²) in [5.74, 6) is 0.629. The maximum atomic E-state index is 9.78. The third-order valence-corrected chi connectivity index (χ3v) is 3.59. The molecule has 0 aromatic carbocycles. The fourth-order valence-electron chi connectivity index (χ4n) is 2.42. The predicted octanol–water partition coefficient (Wildman–Crippen LogP) is 1.63. The van der Waals surface area contributed by atoms with Gasteiger partial charge in [0.2, 0.25) is 0 Å². The monoisotopic (exact) mass is 183 g/mol. The summed E-state index contributed by atoms with van der Waals surface area (Å²) < 4.78 is 0. The lowest BCUT2D eigenvalue weighted by Gasteiger charge is -2.26. The molecule has 0 spiro atoms. The van der Waals surface area contributed by atoms with Gasteiger partial charge in [0.05, 0.1) is 6.10 Å². The Labute approximate surface area is 80.9 Å². The van der Waals surface area contributed by atoms with Gasteiger partial charge in [-0.2, -0.15) is 0 Å². The lowest BCUT2D eigenvalue weighted by Crippen LogP contribution is -2.36. The van der Waals surface area contributed by atoms with E-state index in [0.29, 0.717) is 5.92 Å². The highest BCUT2D eigenvalue weighted by molar-refractivity contribution is 4.84. The Morgan fingerprint density at radius 3 is 2.38 bits per heavy atom. The average molecular weight is 183 g/mol. The molecule has 2 nitrogen and oxygen atoms in total. The predicted molar refractivity (Wildman–Crippen MR) is 53.6 cm³/mol. The molecule has 2 aliphatic carbocycles. The minimum Gasteiger partial charge on any atom is -0.392 e. The summed E-state index contributed by atoms with van der Waals surface area (Å²) in [5, 5.41) is 9.78. The van der Waals surface area contributed by atoms with E-state index in [4.69, 9.17) is 0 Å². The molecule has 76 valence electrons. The van der Waals surface area contributed by atoms with E-state index in [-0.39, 0.29) is 6.10 Å². The normalized spacial score (nSPS) is 27.0. The highest BCUT2D eigenvalue weighted by Crippen LogP contribution is 2.33. The molecular weight excluding hydrogens is 162 g/mol. The number of hydrogen-bond donors (Lipinski definition) is 1. The van der Waals surface area contributed by atoms with Gasteiger partial charge >= 0.3 is 0 Å². The van der Waals surface area contributed by atoms with E-state index < -0.39 is 0 Å². The van der Waals surface area contributed by atoms with E-state index in [2.05, 4.69) is 11.9 Å². The van der Waals surface area contributed by atoms with Gasteiger partial charge in [0, 0.05) is 12.6 Å². The van der Waals surface area contributed by atoms with E-state index in [1.807, 2.05) is 0 Å². The molecule has 0 aromatic heterocycles. The van der Waals surface area contributed by atoms with Crippen LogP contribution >= 0.6 is 0 Å². The lowest BCUT2D eigenvalue weighted by molar-refractivity contribution is 0.0887. The molecule has 0 heterocycles. The second-order valence-corrected chi connectivity index (χ2v) is 4.78. The first-order valence-corrected chi connectivity index (χ1v) is 5.65. The first-order valence-electron chi connectivity index (χ1n) is 5.65. The van der Waals surface area contributed by atoms with Crippen molar-refractivity contribution in [1.82, 2.24) is 4.90 Å². The van der Waals surface area contributed by atoms with Crippen LogP contribution in [-0.4, -0.2) is 35.7 Å². The van der Waals surface area contributed by atoms with Crippen LogP contribution in [0.4, 0.5) is 0 Å². The van der Waals surface area contributed by atoms with Gasteiger partial charge < -0.3 is 10.0 Å². The maximum Gasteiger partial charge on any atom is 0.0695 e. The summed E-state index contributed by atoms with van der Waals surface area (Å²) in [6.45, 7) is 0.898. The molecule has 1 atom stereocenters. The number of likely N-dealkylation sites (N-methyl/N-ethyl adjacent to an activating group) is 1. The molecule has 13 heavy (non-hydrogen) atoms. The van der Waals surface area contributed by atoms with Crippen molar-refractivity contribution in [3.8, 4) is 0 Å². The molecule has 1 unspecified atom stereocenters. The largest absolute Gasteiger partial charge is 0.392 e. The molecule has 2 aliphatic rings. The Kier molecular flexibility index (Phi) is 2.89. The van der Waals surface area contributed by atoms with E-state index in [0.717, 1.165) is 12.6 Å². The molecule has 0 radical (unpaired) electrons. The van der Waals surface area contributed by atoms with Crippen LogP contribution < -0.4 is 0 Å². The lowest BCUT2D eigenvalue weighted by atomic mass is 10.1. The summed E-state index contributed by atoms with van der Waals surface area (Å²) >= 11 is 0. The molecule has 2 rings (SSSR count). The average Bonchev–Trinajstić information content (AvgIpc) is 2.81. The van der Waals surface area contributed by atoms with E-state index in [9.17, 15) is 5.11 Å². The van der Waals surface area contributed by atoms with Crippen LogP contribution in [0.2, 0.25) is 0 Å². The summed E-state index contributed by atoms with van der Waals surface area (Å²) in [6, 6.07) is 0.758. The van der Waals surface area contributed by atoms with Gasteiger partial charge in [-0.15, -0.1) is 0 Å². The van der Waals surface area contributed by atoms with Crippen molar-refractivity contribution in [2.45, 2.75) is 50.7 Å². The molecule has 0 saturated heterocycles. The minimum atomic E-state index is -0.0504. The Balaban J connectivity index is 1.72. The van der Waals surface area contributed by atoms with Gasteiger partial charge in [-0.3, -0.25) is 0 Å². The van der Waals surface area contributed by atoms with Crippen LogP contribution in [0.15, 0.2) is 0 Å². The van der Waals surface area contributed by atoms with E-state index >= 15 is 0 Å². The quantitative estimate of drug-likeness (QED) is 0.716. The molecular formula is C11H21NO. The SMILES string of the molecule is CN(CC(O)C1CC1)C1CCCC1. The molecule has 0 aromatic rings. The Hall–Kier alpha value is -0.0800. The number of rotatable bonds is 4. The molecule has 2 fully saturated rings. The fourth-order valence-corrected chi connectivity index (χ4v) is 2.42. The number of aliphatic hydroxyl groups is 1. The molecule has 0 bridgehead atoms. The molecule has 2 saturated carbocycles. The number of nitrogens with zero attached hydrogens (tertiary/aromatic N) is 1. The van der Waals surface area contributed by atoms with E-state index in [1.54, 1.807) is 0 Å². The van der Waals surface area contributed by atoms with Gasteiger partial charge in [0.15, 0.2) is 0 Å². The second kappa shape index (κ2) is 3.97. The zero-order valence-corrected chi connectivity index (χ0v) is 8.58. The number of aliphatic hydroxyl groups excluding tert-OH is 1. The van der Waals surface area contributed by atoms with Crippen molar-refractivity contribution in [2.75, 3.05) is 13.6 Å². The molecule has 0 amide bonds. The molecule has 2 heteroatoms. The highest BCUT2D eigenvalue weighted by Gasteiger charge is 2.31. The fraction of sp³-hybridized carbons (Fsp3) is 1.00. The Morgan fingerprint density at radius 2 is 1.85 bits per heavy atom. The first kappa shape index (κ1) is 9.47. The van der Waals surface area contributed by atoms with Gasteiger partial charge in [0.1, 0.15) is 0 Å². The minimum absolute atomic E-state index is 0.0504. The van der Waals surface area contributed by atoms with Crippen LogP contribution in [0.5, 0.6) is 0 Å². The first-order chi connectivity index (χ1) is 6.27. The summed E-state index contributed by atoms with van der Waals surface area (Å²) in [7, 11) is 2.17. The van der Waals surface area contributed by atoms with Crippen molar-refractivity contribution in [1.29, 1.82) is 0 Å².